The normalized spacial score (nSPS) is 17.4. The van der Waals surface area contributed by atoms with Crippen LogP contribution in [0, 0.1) is 10.1 Å². The van der Waals surface area contributed by atoms with Crippen molar-refractivity contribution in [3.8, 4) is 0 Å². The molecule has 0 radical (unpaired) electrons. The molecule has 2 heterocycles. The lowest BCUT2D eigenvalue weighted by molar-refractivity contribution is -0.384. The zero-order valence-electron chi connectivity index (χ0n) is 14.9. The van der Waals surface area contributed by atoms with E-state index in [4.69, 9.17) is 0 Å². The molecule has 1 aromatic carbocycles. The summed E-state index contributed by atoms with van der Waals surface area (Å²) in [5, 5.41) is 23.4. The predicted octanol–water partition coefficient (Wildman–Crippen LogP) is 2.91. The van der Waals surface area contributed by atoms with Gasteiger partial charge in [-0.25, -0.2) is 4.68 Å². The van der Waals surface area contributed by atoms with Crippen LogP contribution in [-0.2, 0) is 5.54 Å². The zero-order valence-corrected chi connectivity index (χ0v) is 14.9. The van der Waals surface area contributed by atoms with Gasteiger partial charge in [0.25, 0.3) is 5.69 Å². The molecule has 1 aromatic heterocycles. The number of nitrogens with zero attached hydrogens (tertiary/aromatic N) is 6. The zero-order chi connectivity index (χ0) is 18.0. The Morgan fingerprint density at radius 1 is 1.12 bits per heavy atom. The van der Waals surface area contributed by atoms with E-state index in [1.807, 2.05) is 16.8 Å². The Morgan fingerprint density at radius 3 is 2.32 bits per heavy atom. The maximum atomic E-state index is 11.0. The maximum Gasteiger partial charge on any atom is 0.269 e. The summed E-state index contributed by atoms with van der Waals surface area (Å²) in [7, 11) is 0. The fourth-order valence-electron chi connectivity index (χ4n) is 3.32. The fourth-order valence-corrected chi connectivity index (χ4v) is 3.32. The smallest absolute Gasteiger partial charge is 0.269 e. The average Bonchev–Trinajstić information content (AvgIpc) is 3.06. The molecular weight excluding hydrogens is 320 g/mol. The van der Waals surface area contributed by atoms with Gasteiger partial charge in [0, 0.05) is 12.1 Å². The quantitative estimate of drug-likeness (QED) is 0.626. The van der Waals surface area contributed by atoms with Gasteiger partial charge in [-0.1, -0.05) is 18.6 Å². The number of tetrazole rings is 1. The van der Waals surface area contributed by atoms with Gasteiger partial charge in [-0.15, -0.1) is 5.10 Å². The van der Waals surface area contributed by atoms with Crippen LogP contribution in [0.4, 0.5) is 5.69 Å². The number of aromatic nitrogens is 4. The summed E-state index contributed by atoms with van der Waals surface area (Å²) in [6.45, 7) is 8.14. The molecule has 0 N–H and O–H groups in total. The molecule has 8 heteroatoms. The lowest BCUT2D eigenvalue weighted by Crippen LogP contribution is -2.38. The van der Waals surface area contributed by atoms with Crippen LogP contribution in [0.5, 0.6) is 0 Å². The van der Waals surface area contributed by atoms with E-state index in [2.05, 4.69) is 41.2 Å². The molecule has 1 atom stereocenters. The van der Waals surface area contributed by atoms with E-state index < -0.39 is 0 Å². The number of nitro groups is 1. The van der Waals surface area contributed by atoms with Crippen molar-refractivity contribution in [1.29, 1.82) is 0 Å². The van der Waals surface area contributed by atoms with Gasteiger partial charge in [0.2, 0.25) is 0 Å². The Bertz CT molecular complexity index is 728. The summed E-state index contributed by atoms with van der Waals surface area (Å²) in [5.41, 5.74) is 0.831. The van der Waals surface area contributed by atoms with Gasteiger partial charge in [0.05, 0.1) is 16.5 Å². The first-order chi connectivity index (χ1) is 11.9. The molecule has 2 aromatic rings. The van der Waals surface area contributed by atoms with E-state index in [1.54, 1.807) is 12.1 Å². The third kappa shape index (κ3) is 3.68. The first-order valence-electron chi connectivity index (χ1n) is 8.65. The molecule has 3 rings (SSSR count). The number of non-ortho nitro benzene ring substituents is 1. The number of hydrogen-bond donors (Lipinski definition) is 0. The van der Waals surface area contributed by atoms with Gasteiger partial charge in [-0.3, -0.25) is 15.0 Å². The Hall–Kier alpha value is -2.35. The molecule has 1 aliphatic heterocycles. The van der Waals surface area contributed by atoms with Crippen molar-refractivity contribution >= 4 is 5.69 Å². The number of nitro benzene ring substituents is 1. The van der Waals surface area contributed by atoms with Crippen molar-refractivity contribution in [3.05, 3.63) is 45.8 Å². The third-order valence-electron chi connectivity index (χ3n) is 4.55. The molecule has 1 saturated heterocycles. The van der Waals surface area contributed by atoms with Gasteiger partial charge >= 0.3 is 0 Å². The second kappa shape index (κ2) is 6.87. The molecule has 8 nitrogen and oxygen atoms in total. The summed E-state index contributed by atoms with van der Waals surface area (Å²) in [6.07, 6.45) is 3.51. The largest absolute Gasteiger partial charge is 0.290 e. The Balaban J connectivity index is 2.04. The minimum Gasteiger partial charge on any atom is -0.290 e. The topological polar surface area (TPSA) is 90.0 Å². The van der Waals surface area contributed by atoms with E-state index >= 15 is 0 Å². The molecule has 0 saturated carbocycles. The first kappa shape index (κ1) is 17.5. The fraction of sp³-hybridized carbons (Fsp3) is 0.588. The van der Waals surface area contributed by atoms with Gasteiger partial charge in [0.15, 0.2) is 5.82 Å². The van der Waals surface area contributed by atoms with Crippen molar-refractivity contribution in [2.75, 3.05) is 13.1 Å². The standard InChI is InChI=1S/C17H24N6O2/c1-17(2,3)22-16(18-19-20-22)15(21-11-5-4-6-12-21)13-7-9-14(10-8-13)23(24)25/h7-10,15H,4-6,11-12H2,1-3H3. The SMILES string of the molecule is CC(C)(C)n1nnnc1C(c1ccc([N+](=O)[O-])cc1)N1CCCCC1. The second-order valence-electron chi connectivity index (χ2n) is 7.47. The number of rotatable bonds is 4. The number of piperidine rings is 1. The predicted molar refractivity (Wildman–Crippen MR) is 93.2 cm³/mol. The van der Waals surface area contributed by atoms with Crippen LogP contribution in [-0.4, -0.2) is 43.1 Å². The molecule has 0 aliphatic carbocycles. The lowest BCUT2D eigenvalue weighted by atomic mass is 9.99. The molecular formula is C17H24N6O2. The minimum atomic E-state index is -0.376. The number of hydrogen-bond acceptors (Lipinski definition) is 6. The molecule has 1 unspecified atom stereocenters. The van der Waals surface area contributed by atoms with Crippen molar-refractivity contribution in [1.82, 2.24) is 25.1 Å². The summed E-state index contributed by atoms with van der Waals surface area (Å²) >= 11 is 0. The van der Waals surface area contributed by atoms with E-state index in [-0.39, 0.29) is 22.2 Å². The molecule has 1 fully saturated rings. The monoisotopic (exact) mass is 344 g/mol. The summed E-state index contributed by atoms with van der Waals surface area (Å²) in [4.78, 5) is 13.0. The summed E-state index contributed by atoms with van der Waals surface area (Å²) < 4.78 is 1.85. The van der Waals surface area contributed by atoms with Gasteiger partial charge in [-0.05, 0) is 62.7 Å². The van der Waals surface area contributed by atoms with Gasteiger partial charge < -0.3 is 0 Å². The van der Waals surface area contributed by atoms with Crippen molar-refractivity contribution < 1.29 is 4.92 Å². The molecule has 1 aliphatic rings. The van der Waals surface area contributed by atoms with E-state index in [9.17, 15) is 10.1 Å². The lowest BCUT2D eigenvalue weighted by Gasteiger charge is -2.35. The van der Waals surface area contributed by atoms with Crippen LogP contribution < -0.4 is 0 Å². The second-order valence-corrected chi connectivity index (χ2v) is 7.47. The maximum absolute atomic E-state index is 11.0. The Morgan fingerprint density at radius 2 is 1.76 bits per heavy atom. The Kier molecular flexibility index (Phi) is 4.80. The van der Waals surface area contributed by atoms with Gasteiger partial charge in [-0.2, -0.15) is 0 Å². The Labute approximate surface area is 147 Å². The highest BCUT2D eigenvalue weighted by Gasteiger charge is 2.32. The average molecular weight is 344 g/mol. The van der Waals surface area contributed by atoms with Crippen molar-refractivity contribution in [2.45, 2.75) is 51.6 Å². The van der Waals surface area contributed by atoms with Crippen LogP contribution in [0.1, 0.15) is 57.5 Å². The first-order valence-corrected chi connectivity index (χ1v) is 8.65. The molecule has 0 bridgehead atoms. The molecule has 0 amide bonds. The molecule has 134 valence electrons. The van der Waals surface area contributed by atoms with Crippen LogP contribution in [0.15, 0.2) is 24.3 Å². The highest BCUT2D eigenvalue weighted by atomic mass is 16.6. The number of likely N-dealkylation sites (tertiary alicyclic amines) is 1. The van der Waals surface area contributed by atoms with Crippen LogP contribution >= 0.6 is 0 Å². The highest BCUT2D eigenvalue weighted by Crippen LogP contribution is 2.32. The van der Waals surface area contributed by atoms with Crippen LogP contribution in [0.2, 0.25) is 0 Å². The van der Waals surface area contributed by atoms with E-state index in [0.717, 1.165) is 37.3 Å². The van der Waals surface area contributed by atoms with Crippen molar-refractivity contribution in [2.24, 2.45) is 0 Å². The van der Waals surface area contributed by atoms with E-state index in [0.29, 0.717) is 0 Å². The molecule has 25 heavy (non-hydrogen) atoms. The van der Waals surface area contributed by atoms with Crippen LogP contribution in [0.3, 0.4) is 0 Å². The van der Waals surface area contributed by atoms with Crippen LogP contribution in [0.25, 0.3) is 0 Å². The van der Waals surface area contributed by atoms with Crippen molar-refractivity contribution in [3.63, 3.8) is 0 Å². The number of benzene rings is 1. The minimum absolute atomic E-state index is 0.0940. The summed E-state index contributed by atoms with van der Waals surface area (Å²) in [5.74, 6) is 0.781. The molecule has 0 spiro atoms. The highest BCUT2D eigenvalue weighted by molar-refractivity contribution is 5.36. The van der Waals surface area contributed by atoms with E-state index in [1.165, 1.54) is 6.42 Å². The summed E-state index contributed by atoms with van der Waals surface area (Å²) in [6, 6.07) is 6.64. The van der Waals surface area contributed by atoms with Gasteiger partial charge in [0.1, 0.15) is 0 Å². The third-order valence-corrected chi connectivity index (χ3v) is 4.55.